The van der Waals surface area contributed by atoms with E-state index in [1.54, 1.807) is 6.07 Å². The Hall–Kier alpha value is -2.43. The van der Waals surface area contributed by atoms with Crippen molar-refractivity contribution < 1.29 is 8.78 Å². The molecule has 0 aliphatic carbocycles. The first kappa shape index (κ1) is 11.6. The zero-order chi connectivity index (χ0) is 13.4. The molecule has 3 aromatic rings. The number of nitrogens with one attached hydrogen (secondary N) is 1. The van der Waals surface area contributed by atoms with Crippen molar-refractivity contribution in [3.63, 3.8) is 0 Å². The summed E-state index contributed by atoms with van der Waals surface area (Å²) < 4.78 is 26.2. The van der Waals surface area contributed by atoms with Gasteiger partial charge < -0.3 is 10.7 Å². The van der Waals surface area contributed by atoms with Gasteiger partial charge in [-0.3, -0.25) is 0 Å². The Morgan fingerprint density at radius 3 is 2.63 bits per heavy atom. The van der Waals surface area contributed by atoms with E-state index in [0.717, 1.165) is 17.7 Å². The molecule has 2 aromatic carbocycles. The number of imidazole rings is 1. The first-order valence-electron chi connectivity index (χ1n) is 5.80. The number of para-hydroxylation sites is 1. The molecule has 1 heterocycles. The second-order valence-corrected chi connectivity index (χ2v) is 4.34. The van der Waals surface area contributed by atoms with E-state index in [1.807, 2.05) is 18.2 Å². The Morgan fingerprint density at radius 2 is 1.84 bits per heavy atom. The van der Waals surface area contributed by atoms with Crippen LogP contribution in [0.1, 0.15) is 11.4 Å². The van der Waals surface area contributed by atoms with Gasteiger partial charge in [0.25, 0.3) is 0 Å². The van der Waals surface area contributed by atoms with E-state index in [9.17, 15) is 8.78 Å². The number of rotatable bonds is 2. The third kappa shape index (κ3) is 2.14. The quantitative estimate of drug-likeness (QED) is 0.695. The fourth-order valence-electron chi connectivity index (χ4n) is 2.02. The number of H-pyrrole nitrogens is 1. The van der Waals surface area contributed by atoms with Gasteiger partial charge in [0.05, 0.1) is 11.0 Å². The molecule has 1 aromatic heterocycles. The molecule has 0 saturated carbocycles. The van der Waals surface area contributed by atoms with Crippen LogP contribution in [0.5, 0.6) is 0 Å². The van der Waals surface area contributed by atoms with Crippen LogP contribution in [0.4, 0.5) is 14.5 Å². The van der Waals surface area contributed by atoms with Gasteiger partial charge in [0.2, 0.25) is 0 Å². The SMILES string of the molecule is Nc1ccccc1Cc1nc2cc(F)c(F)cc2[nH]1. The Bertz CT molecular complexity index is 711. The van der Waals surface area contributed by atoms with Crippen molar-refractivity contribution in [3.05, 3.63) is 59.4 Å². The predicted molar refractivity (Wildman–Crippen MR) is 69.7 cm³/mol. The highest BCUT2D eigenvalue weighted by molar-refractivity contribution is 5.75. The zero-order valence-corrected chi connectivity index (χ0v) is 9.95. The van der Waals surface area contributed by atoms with Crippen molar-refractivity contribution in [2.45, 2.75) is 6.42 Å². The van der Waals surface area contributed by atoms with Gasteiger partial charge in [-0.2, -0.15) is 0 Å². The van der Waals surface area contributed by atoms with Crippen molar-refractivity contribution in [3.8, 4) is 0 Å². The fraction of sp³-hybridized carbons (Fsp3) is 0.0714. The number of hydrogen-bond donors (Lipinski definition) is 2. The van der Waals surface area contributed by atoms with Crippen molar-refractivity contribution in [1.82, 2.24) is 9.97 Å². The van der Waals surface area contributed by atoms with Crippen molar-refractivity contribution in [2.24, 2.45) is 0 Å². The monoisotopic (exact) mass is 259 g/mol. The van der Waals surface area contributed by atoms with Crippen LogP contribution in [0.15, 0.2) is 36.4 Å². The minimum Gasteiger partial charge on any atom is -0.398 e. The third-order valence-corrected chi connectivity index (χ3v) is 2.99. The van der Waals surface area contributed by atoms with Crippen LogP contribution < -0.4 is 5.73 Å². The topological polar surface area (TPSA) is 54.7 Å². The summed E-state index contributed by atoms with van der Waals surface area (Å²) >= 11 is 0. The summed E-state index contributed by atoms with van der Waals surface area (Å²) in [5.41, 5.74) is 8.32. The zero-order valence-electron chi connectivity index (χ0n) is 9.95. The molecule has 0 aliphatic heterocycles. The molecule has 0 saturated heterocycles. The van der Waals surface area contributed by atoms with Gasteiger partial charge >= 0.3 is 0 Å². The number of aromatic amines is 1. The van der Waals surface area contributed by atoms with Crippen LogP contribution >= 0.6 is 0 Å². The minimum atomic E-state index is -0.898. The average Bonchev–Trinajstić information content (AvgIpc) is 2.74. The van der Waals surface area contributed by atoms with Crippen LogP contribution in [0.25, 0.3) is 11.0 Å². The van der Waals surface area contributed by atoms with Crippen molar-refractivity contribution in [2.75, 3.05) is 5.73 Å². The molecule has 0 atom stereocenters. The maximum atomic E-state index is 13.1. The van der Waals surface area contributed by atoms with E-state index in [4.69, 9.17) is 5.73 Å². The molecule has 0 fully saturated rings. The lowest BCUT2D eigenvalue weighted by Crippen LogP contribution is -1.96. The van der Waals surface area contributed by atoms with Gasteiger partial charge in [0, 0.05) is 24.2 Å². The molecule has 3 rings (SSSR count). The second kappa shape index (κ2) is 4.35. The molecule has 0 radical (unpaired) electrons. The van der Waals surface area contributed by atoms with Crippen molar-refractivity contribution in [1.29, 1.82) is 0 Å². The largest absolute Gasteiger partial charge is 0.398 e. The van der Waals surface area contributed by atoms with Crippen LogP contribution in [0.3, 0.4) is 0 Å². The summed E-state index contributed by atoms with van der Waals surface area (Å²) in [6, 6.07) is 9.62. The summed E-state index contributed by atoms with van der Waals surface area (Å²) in [4.78, 5) is 7.20. The van der Waals surface area contributed by atoms with E-state index in [2.05, 4.69) is 9.97 Å². The lowest BCUT2D eigenvalue weighted by molar-refractivity contribution is 0.510. The molecule has 19 heavy (non-hydrogen) atoms. The second-order valence-electron chi connectivity index (χ2n) is 4.34. The molecule has 0 spiro atoms. The Labute approximate surface area is 108 Å². The number of aromatic nitrogens is 2. The van der Waals surface area contributed by atoms with Crippen LogP contribution in [0, 0.1) is 11.6 Å². The van der Waals surface area contributed by atoms with Crippen LogP contribution in [-0.4, -0.2) is 9.97 Å². The van der Waals surface area contributed by atoms with Gasteiger partial charge in [-0.25, -0.2) is 13.8 Å². The molecule has 5 heteroatoms. The number of anilines is 1. The lowest BCUT2D eigenvalue weighted by atomic mass is 10.1. The van der Waals surface area contributed by atoms with Crippen LogP contribution in [-0.2, 0) is 6.42 Å². The Morgan fingerprint density at radius 1 is 1.11 bits per heavy atom. The van der Waals surface area contributed by atoms with Gasteiger partial charge in [-0.05, 0) is 11.6 Å². The summed E-state index contributed by atoms with van der Waals surface area (Å²) in [5, 5.41) is 0. The van der Waals surface area contributed by atoms with Gasteiger partial charge in [0.1, 0.15) is 5.82 Å². The van der Waals surface area contributed by atoms with E-state index in [0.29, 0.717) is 29.0 Å². The fourth-order valence-corrected chi connectivity index (χ4v) is 2.02. The smallest absolute Gasteiger partial charge is 0.161 e. The first-order chi connectivity index (χ1) is 9.13. The average molecular weight is 259 g/mol. The molecule has 3 N–H and O–H groups in total. The highest BCUT2D eigenvalue weighted by Crippen LogP contribution is 2.19. The number of nitrogens with two attached hydrogens (primary N) is 1. The van der Waals surface area contributed by atoms with E-state index in [1.165, 1.54) is 0 Å². The summed E-state index contributed by atoms with van der Waals surface area (Å²) in [6.45, 7) is 0. The number of nitrogen functional groups attached to an aromatic ring is 1. The normalized spacial score (nSPS) is 11.1. The Balaban J connectivity index is 2.00. The standard InChI is InChI=1S/C14H11F2N3/c15-9-6-12-13(7-10(9)16)19-14(18-12)5-8-3-1-2-4-11(8)17/h1-4,6-7H,5,17H2,(H,18,19). The maximum absolute atomic E-state index is 13.1. The summed E-state index contributed by atoms with van der Waals surface area (Å²) in [7, 11) is 0. The van der Waals surface area contributed by atoms with Gasteiger partial charge in [-0.1, -0.05) is 18.2 Å². The Kier molecular flexibility index (Phi) is 2.67. The number of halogens is 2. The van der Waals surface area contributed by atoms with Gasteiger partial charge in [-0.15, -0.1) is 0 Å². The molecule has 3 nitrogen and oxygen atoms in total. The molecule has 0 bridgehead atoms. The number of benzene rings is 2. The maximum Gasteiger partial charge on any atom is 0.161 e. The summed E-state index contributed by atoms with van der Waals surface area (Å²) in [5.74, 6) is -1.16. The highest BCUT2D eigenvalue weighted by atomic mass is 19.2. The van der Waals surface area contributed by atoms with E-state index in [-0.39, 0.29) is 0 Å². The number of nitrogens with zero attached hydrogens (tertiary/aromatic N) is 1. The van der Waals surface area contributed by atoms with E-state index >= 15 is 0 Å². The molecule has 0 unspecified atom stereocenters. The van der Waals surface area contributed by atoms with Crippen LogP contribution in [0.2, 0.25) is 0 Å². The number of fused-ring (bicyclic) bond motifs is 1. The van der Waals surface area contributed by atoms with E-state index < -0.39 is 11.6 Å². The minimum absolute atomic E-state index is 0.406. The molecular weight excluding hydrogens is 248 g/mol. The molecular formula is C14H11F2N3. The summed E-state index contributed by atoms with van der Waals surface area (Å²) in [6.07, 6.45) is 0.491. The number of hydrogen-bond acceptors (Lipinski definition) is 2. The third-order valence-electron chi connectivity index (χ3n) is 2.99. The predicted octanol–water partition coefficient (Wildman–Crippen LogP) is 3.01. The van der Waals surface area contributed by atoms with Crippen molar-refractivity contribution >= 4 is 16.7 Å². The molecule has 0 amide bonds. The molecule has 96 valence electrons. The molecule has 0 aliphatic rings. The first-order valence-corrected chi connectivity index (χ1v) is 5.80. The highest BCUT2D eigenvalue weighted by Gasteiger charge is 2.09. The lowest BCUT2D eigenvalue weighted by Gasteiger charge is -2.01. The van der Waals surface area contributed by atoms with Gasteiger partial charge in [0.15, 0.2) is 11.6 Å².